The van der Waals surface area contributed by atoms with E-state index in [1.54, 1.807) is 0 Å². The van der Waals surface area contributed by atoms with Crippen molar-refractivity contribution in [3.05, 3.63) is 65.2 Å². The predicted octanol–water partition coefficient (Wildman–Crippen LogP) is 2.39. The second kappa shape index (κ2) is 7.28. The van der Waals surface area contributed by atoms with Crippen LogP contribution in [0.2, 0.25) is 0 Å². The fraction of sp³-hybridized carbons (Fsp3) is 0.235. The Bertz CT molecular complexity index is 990. The molecule has 1 saturated heterocycles. The first-order valence-corrected chi connectivity index (χ1v) is 9.33. The molecule has 5 nitrogen and oxygen atoms in total. The van der Waals surface area contributed by atoms with E-state index >= 15 is 0 Å². The monoisotopic (exact) mass is 402 g/mol. The van der Waals surface area contributed by atoms with Crippen molar-refractivity contribution in [1.29, 1.82) is 0 Å². The van der Waals surface area contributed by atoms with Gasteiger partial charge in [0.05, 0.1) is 0 Å². The molecule has 1 aliphatic rings. The molecule has 2 aromatic rings. The highest BCUT2D eigenvalue weighted by Crippen LogP contribution is 2.22. The van der Waals surface area contributed by atoms with Crippen LogP contribution in [0.15, 0.2) is 41.3 Å². The molecule has 0 atom stereocenters. The Balaban J connectivity index is 1.72. The van der Waals surface area contributed by atoms with Gasteiger partial charge in [-0.25, -0.2) is 26.0 Å². The zero-order chi connectivity index (χ0) is 19.8. The van der Waals surface area contributed by atoms with Crippen LogP contribution >= 0.6 is 0 Å². The molecular formula is C17H14F4N2O3S. The molecule has 0 radical (unpaired) electrons. The van der Waals surface area contributed by atoms with Gasteiger partial charge < -0.3 is 4.90 Å². The molecule has 27 heavy (non-hydrogen) atoms. The van der Waals surface area contributed by atoms with Gasteiger partial charge in [-0.1, -0.05) is 0 Å². The highest BCUT2D eigenvalue weighted by molar-refractivity contribution is 7.89. The molecule has 0 unspecified atom stereocenters. The smallest absolute Gasteiger partial charge is 0.254 e. The third-order valence-corrected chi connectivity index (χ3v) is 6.14. The first-order chi connectivity index (χ1) is 12.7. The number of hydrogen-bond donors (Lipinski definition) is 0. The van der Waals surface area contributed by atoms with Gasteiger partial charge in [0.15, 0.2) is 11.6 Å². The molecule has 2 aromatic carbocycles. The number of nitrogens with zero attached hydrogens (tertiary/aromatic N) is 2. The van der Waals surface area contributed by atoms with Gasteiger partial charge in [-0.15, -0.1) is 0 Å². The van der Waals surface area contributed by atoms with E-state index in [-0.39, 0.29) is 31.7 Å². The highest BCUT2D eigenvalue weighted by atomic mass is 32.2. The maximum Gasteiger partial charge on any atom is 0.254 e. The molecule has 0 aliphatic carbocycles. The zero-order valence-electron chi connectivity index (χ0n) is 13.8. The molecule has 0 saturated carbocycles. The maximum absolute atomic E-state index is 13.8. The SMILES string of the molecule is O=C(c1ccc(F)c(F)c1)N1CCN(S(=O)(=O)c2ccc(F)cc2F)CC1. The first kappa shape index (κ1) is 19.3. The Kier molecular flexibility index (Phi) is 5.20. The minimum atomic E-state index is -4.19. The van der Waals surface area contributed by atoms with E-state index in [0.29, 0.717) is 6.07 Å². The molecular weight excluding hydrogens is 388 g/mol. The van der Waals surface area contributed by atoms with Gasteiger partial charge in [-0.2, -0.15) is 4.31 Å². The van der Waals surface area contributed by atoms with Crippen molar-refractivity contribution in [3.8, 4) is 0 Å². The lowest BCUT2D eigenvalue weighted by molar-refractivity contribution is 0.0697. The van der Waals surface area contributed by atoms with Crippen LogP contribution in [0.4, 0.5) is 17.6 Å². The van der Waals surface area contributed by atoms with Gasteiger partial charge in [-0.05, 0) is 30.3 Å². The van der Waals surface area contributed by atoms with E-state index in [0.717, 1.165) is 34.6 Å². The fourth-order valence-electron chi connectivity index (χ4n) is 2.77. The molecule has 1 fully saturated rings. The molecule has 1 heterocycles. The summed E-state index contributed by atoms with van der Waals surface area (Å²) in [6.07, 6.45) is 0. The summed E-state index contributed by atoms with van der Waals surface area (Å²) >= 11 is 0. The van der Waals surface area contributed by atoms with Crippen LogP contribution in [0.1, 0.15) is 10.4 Å². The largest absolute Gasteiger partial charge is 0.336 e. The van der Waals surface area contributed by atoms with Crippen LogP contribution in [0.5, 0.6) is 0 Å². The minimum absolute atomic E-state index is 0.0140. The number of halogens is 4. The topological polar surface area (TPSA) is 57.7 Å². The molecule has 3 rings (SSSR count). The summed E-state index contributed by atoms with van der Waals surface area (Å²) in [5.74, 6) is -4.90. The lowest BCUT2D eigenvalue weighted by Gasteiger charge is -2.34. The third kappa shape index (κ3) is 3.81. The summed E-state index contributed by atoms with van der Waals surface area (Å²) in [6, 6.07) is 4.92. The van der Waals surface area contributed by atoms with Crippen molar-refractivity contribution < 1.29 is 30.8 Å². The molecule has 1 aliphatic heterocycles. The number of amides is 1. The van der Waals surface area contributed by atoms with Crippen molar-refractivity contribution in [1.82, 2.24) is 9.21 Å². The van der Waals surface area contributed by atoms with Crippen molar-refractivity contribution in [2.45, 2.75) is 4.90 Å². The van der Waals surface area contributed by atoms with Crippen LogP contribution in [0.3, 0.4) is 0 Å². The summed E-state index contributed by atoms with van der Waals surface area (Å²) in [4.78, 5) is 13.0. The molecule has 0 N–H and O–H groups in total. The number of carbonyl (C=O) groups is 1. The van der Waals surface area contributed by atoms with Crippen LogP contribution < -0.4 is 0 Å². The highest BCUT2D eigenvalue weighted by Gasteiger charge is 2.32. The van der Waals surface area contributed by atoms with Crippen molar-refractivity contribution in [3.63, 3.8) is 0 Å². The van der Waals surface area contributed by atoms with Crippen LogP contribution in [-0.2, 0) is 10.0 Å². The van der Waals surface area contributed by atoms with Gasteiger partial charge in [0, 0.05) is 37.8 Å². The molecule has 0 spiro atoms. The van der Waals surface area contributed by atoms with Gasteiger partial charge in [0.1, 0.15) is 16.5 Å². The first-order valence-electron chi connectivity index (χ1n) is 7.89. The van der Waals surface area contributed by atoms with Gasteiger partial charge in [0.25, 0.3) is 5.91 Å². The fourth-order valence-corrected chi connectivity index (χ4v) is 4.23. The number of hydrogen-bond acceptors (Lipinski definition) is 3. The Labute approximate surface area is 152 Å². The maximum atomic E-state index is 13.8. The summed E-state index contributed by atoms with van der Waals surface area (Å²) in [7, 11) is -4.19. The molecule has 1 amide bonds. The number of piperazine rings is 1. The van der Waals surface area contributed by atoms with E-state index in [9.17, 15) is 30.8 Å². The van der Waals surface area contributed by atoms with Crippen LogP contribution in [0, 0.1) is 23.3 Å². The van der Waals surface area contributed by atoms with E-state index in [4.69, 9.17) is 0 Å². The number of carbonyl (C=O) groups excluding carboxylic acids is 1. The predicted molar refractivity (Wildman–Crippen MR) is 87.4 cm³/mol. The Morgan fingerprint density at radius 3 is 2.07 bits per heavy atom. The van der Waals surface area contributed by atoms with Gasteiger partial charge >= 0.3 is 0 Å². The number of rotatable bonds is 3. The average Bonchev–Trinajstić information content (AvgIpc) is 2.63. The number of benzene rings is 2. The summed E-state index contributed by atoms with van der Waals surface area (Å²) < 4.78 is 79.1. The molecule has 0 bridgehead atoms. The average molecular weight is 402 g/mol. The summed E-state index contributed by atoms with van der Waals surface area (Å²) in [5.41, 5.74) is -0.0604. The lowest BCUT2D eigenvalue weighted by atomic mass is 10.1. The zero-order valence-corrected chi connectivity index (χ0v) is 14.6. The van der Waals surface area contributed by atoms with Crippen LogP contribution in [-0.4, -0.2) is 49.7 Å². The molecule has 0 aromatic heterocycles. The summed E-state index contributed by atoms with van der Waals surface area (Å²) in [6.45, 7) is -0.261. The van der Waals surface area contributed by atoms with Crippen LogP contribution in [0.25, 0.3) is 0 Å². The van der Waals surface area contributed by atoms with Gasteiger partial charge in [-0.3, -0.25) is 4.79 Å². The van der Waals surface area contributed by atoms with E-state index in [2.05, 4.69) is 0 Å². The Morgan fingerprint density at radius 2 is 1.48 bits per heavy atom. The van der Waals surface area contributed by atoms with E-state index in [1.165, 1.54) is 4.90 Å². The standard InChI is InChI=1S/C17H14F4N2O3S/c18-12-2-4-16(15(21)10-12)27(25,26)23-7-5-22(6-8-23)17(24)11-1-3-13(19)14(20)9-11/h1-4,9-10H,5-8H2. The van der Waals surface area contributed by atoms with E-state index < -0.39 is 44.1 Å². The Hall–Kier alpha value is -2.46. The van der Waals surface area contributed by atoms with E-state index in [1.807, 2.05) is 0 Å². The lowest BCUT2D eigenvalue weighted by Crippen LogP contribution is -2.50. The molecule has 10 heteroatoms. The quantitative estimate of drug-likeness (QED) is 0.741. The van der Waals surface area contributed by atoms with Crippen molar-refractivity contribution in [2.75, 3.05) is 26.2 Å². The third-order valence-electron chi connectivity index (χ3n) is 4.20. The van der Waals surface area contributed by atoms with Crippen molar-refractivity contribution in [2.24, 2.45) is 0 Å². The normalized spacial score (nSPS) is 15.8. The second-order valence-corrected chi connectivity index (χ2v) is 7.81. The minimum Gasteiger partial charge on any atom is -0.336 e. The molecule has 144 valence electrons. The number of sulfonamides is 1. The van der Waals surface area contributed by atoms with Gasteiger partial charge in [0.2, 0.25) is 10.0 Å². The second-order valence-electron chi connectivity index (χ2n) is 5.90. The Morgan fingerprint density at radius 1 is 0.815 bits per heavy atom. The summed E-state index contributed by atoms with van der Waals surface area (Å²) in [5, 5.41) is 0. The van der Waals surface area contributed by atoms with Crippen molar-refractivity contribution >= 4 is 15.9 Å².